The molecular formula is C16H18ClF3N4O3. The van der Waals surface area contributed by atoms with Crippen molar-refractivity contribution in [3.05, 3.63) is 28.5 Å². The Bertz CT molecular complexity index is 742. The molecule has 1 saturated heterocycles. The van der Waals surface area contributed by atoms with E-state index in [0.717, 1.165) is 12.4 Å². The Morgan fingerprint density at radius 3 is 2.81 bits per heavy atom. The van der Waals surface area contributed by atoms with E-state index in [0.29, 0.717) is 6.20 Å². The van der Waals surface area contributed by atoms with Gasteiger partial charge in [0.25, 0.3) is 0 Å². The van der Waals surface area contributed by atoms with Crippen molar-refractivity contribution in [2.75, 3.05) is 13.7 Å². The topological polar surface area (TPSA) is 92.7 Å². The largest absolute Gasteiger partial charge is 0.417 e. The summed E-state index contributed by atoms with van der Waals surface area (Å²) in [5, 5.41) is 8.50. The zero-order valence-corrected chi connectivity index (χ0v) is 15.3. The molecule has 27 heavy (non-hydrogen) atoms. The molecule has 1 aromatic rings. The number of alkyl halides is 3. The van der Waals surface area contributed by atoms with Crippen molar-refractivity contribution in [2.24, 2.45) is 11.1 Å². The summed E-state index contributed by atoms with van der Waals surface area (Å²) in [6.45, 7) is 1.80. The Hall–Kier alpha value is -2.20. The predicted octanol–water partition coefficient (Wildman–Crippen LogP) is 2.11. The summed E-state index contributed by atoms with van der Waals surface area (Å²) in [6.07, 6.45) is -2.57. The Balaban J connectivity index is 2.04. The lowest BCUT2D eigenvalue weighted by atomic mass is 9.89. The molecule has 0 spiro atoms. The Labute approximate surface area is 158 Å². The highest BCUT2D eigenvalue weighted by atomic mass is 35.5. The minimum absolute atomic E-state index is 0.0785. The van der Waals surface area contributed by atoms with E-state index in [4.69, 9.17) is 11.6 Å². The first-order valence-electron chi connectivity index (χ1n) is 8.00. The first-order valence-corrected chi connectivity index (χ1v) is 8.38. The molecule has 1 aliphatic heterocycles. The van der Waals surface area contributed by atoms with Crippen molar-refractivity contribution in [3.63, 3.8) is 0 Å². The van der Waals surface area contributed by atoms with Crippen LogP contribution in [0.3, 0.4) is 0 Å². The molecule has 2 rings (SSSR count). The lowest BCUT2D eigenvalue weighted by Crippen LogP contribution is -2.39. The molecule has 1 fully saturated rings. The third-order valence-electron chi connectivity index (χ3n) is 4.25. The fraction of sp³-hybridized carbons (Fsp3) is 0.500. The van der Waals surface area contributed by atoms with Crippen molar-refractivity contribution in [1.29, 1.82) is 0 Å². The predicted molar refractivity (Wildman–Crippen MR) is 91.2 cm³/mol. The SMILES string of the molecule is CO/N=C/NC(=O)C1CC(C(=O)C(C)c2ncc(C(F)(F)F)cc2Cl)CN1. The van der Waals surface area contributed by atoms with Gasteiger partial charge in [-0.25, -0.2) is 0 Å². The van der Waals surface area contributed by atoms with E-state index < -0.39 is 29.6 Å². The van der Waals surface area contributed by atoms with Crippen LogP contribution in [0.25, 0.3) is 0 Å². The van der Waals surface area contributed by atoms with Crippen molar-refractivity contribution in [3.8, 4) is 0 Å². The van der Waals surface area contributed by atoms with Crippen molar-refractivity contribution >= 4 is 29.6 Å². The van der Waals surface area contributed by atoms with Crippen LogP contribution in [0, 0.1) is 5.92 Å². The van der Waals surface area contributed by atoms with Crippen LogP contribution in [0.4, 0.5) is 13.2 Å². The minimum Gasteiger partial charge on any atom is -0.398 e. The molecule has 0 bridgehead atoms. The van der Waals surface area contributed by atoms with Gasteiger partial charge in [-0.2, -0.15) is 13.2 Å². The fourth-order valence-corrected chi connectivity index (χ4v) is 3.14. The standard InChI is InChI=1S/C16H18ClF3N4O3/c1-8(13-11(17)4-10(6-22-13)16(18,19)20)14(25)9-3-12(21-5-9)15(26)23-7-24-27-2/h4,6-9,12,21H,3,5H2,1-2H3,(H,23,24,26). The highest BCUT2D eigenvalue weighted by Crippen LogP contribution is 2.34. The second kappa shape index (κ2) is 8.66. The third kappa shape index (κ3) is 5.16. The maximum absolute atomic E-state index is 12.7. The maximum Gasteiger partial charge on any atom is 0.417 e. The summed E-state index contributed by atoms with van der Waals surface area (Å²) in [5.41, 5.74) is -0.900. The molecule has 7 nitrogen and oxygen atoms in total. The van der Waals surface area contributed by atoms with E-state index in [-0.39, 0.29) is 35.4 Å². The van der Waals surface area contributed by atoms with Crippen LogP contribution in [-0.4, -0.2) is 42.7 Å². The number of carbonyl (C=O) groups is 2. The summed E-state index contributed by atoms with van der Waals surface area (Å²) >= 11 is 5.91. The van der Waals surface area contributed by atoms with Gasteiger partial charge in [0.2, 0.25) is 5.91 Å². The van der Waals surface area contributed by atoms with Gasteiger partial charge in [-0.05, 0) is 19.4 Å². The van der Waals surface area contributed by atoms with E-state index in [1.165, 1.54) is 14.0 Å². The molecule has 148 valence electrons. The van der Waals surface area contributed by atoms with Crippen LogP contribution >= 0.6 is 11.6 Å². The van der Waals surface area contributed by atoms with Gasteiger partial charge in [0.1, 0.15) is 19.2 Å². The summed E-state index contributed by atoms with van der Waals surface area (Å²) < 4.78 is 38.1. The molecule has 2 N–H and O–H groups in total. The molecule has 0 saturated carbocycles. The number of oxime groups is 1. The monoisotopic (exact) mass is 406 g/mol. The number of Topliss-reactive ketones (excluding diaryl/α,β-unsaturated/α-hetero) is 1. The number of ketones is 1. The van der Waals surface area contributed by atoms with Crippen LogP contribution in [0.5, 0.6) is 0 Å². The van der Waals surface area contributed by atoms with Gasteiger partial charge in [0.05, 0.1) is 28.2 Å². The molecule has 1 amide bonds. The average Bonchev–Trinajstić information content (AvgIpc) is 3.10. The number of hydrogen-bond donors (Lipinski definition) is 2. The number of nitrogens with one attached hydrogen (secondary N) is 2. The number of nitrogens with zero attached hydrogens (tertiary/aromatic N) is 2. The zero-order valence-electron chi connectivity index (χ0n) is 14.5. The number of carbonyl (C=O) groups excluding carboxylic acids is 2. The lowest BCUT2D eigenvalue weighted by molar-refractivity contribution is -0.137. The van der Waals surface area contributed by atoms with Gasteiger partial charge in [0.15, 0.2) is 0 Å². The smallest absolute Gasteiger partial charge is 0.398 e. The molecule has 11 heteroatoms. The number of pyridine rings is 1. The Kier molecular flexibility index (Phi) is 6.77. The molecule has 0 radical (unpaired) electrons. The van der Waals surface area contributed by atoms with E-state index >= 15 is 0 Å². The maximum atomic E-state index is 12.7. The molecule has 0 aliphatic carbocycles. The number of aromatic nitrogens is 1. The van der Waals surface area contributed by atoms with Gasteiger partial charge in [-0.15, -0.1) is 0 Å². The molecule has 2 heterocycles. The first-order chi connectivity index (χ1) is 12.6. The number of hydrogen-bond acceptors (Lipinski definition) is 6. The summed E-state index contributed by atoms with van der Waals surface area (Å²) in [4.78, 5) is 32.8. The Morgan fingerprint density at radius 1 is 1.52 bits per heavy atom. The van der Waals surface area contributed by atoms with Gasteiger partial charge in [-0.1, -0.05) is 16.8 Å². The molecule has 1 aliphatic rings. The van der Waals surface area contributed by atoms with Crippen LogP contribution in [0.2, 0.25) is 5.02 Å². The molecule has 3 atom stereocenters. The normalized spacial score (nSPS) is 21.3. The van der Waals surface area contributed by atoms with E-state index in [2.05, 4.69) is 25.6 Å². The summed E-state index contributed by atoms with van der Waals surface area (Å²) in [5.74, 6) is -1.92. The number of halogens is 4. The molecule has 3 unspecified atom stereocenters. The summed E-state index contributed by atoms with van der Waals surface area (Å²) in [6, 6.07) is 0.164. The second-order valence-corrected chi connectivity index (χ2v) is 6.44. The van der Waals surface area contributed by atoms with E-state index in [9.17, 15) is 22.8 Å². The van der Waals surface area contributed by atoms with Gasteiger partial charge in [0, 0.05) is 18.7 Å². The van der Waals surface area contributed by atoms with Crippen LogP contribution in [-0.2, 0) is 20.6 Å². The molecule has 1 aromatic heterocycles. The molecule has 0 aromatic carbocycles. The van der Waals surface area contributed by atoms with Crippen molar-refractivity contribution in [1.82, 2.24) is 15.6 Å². The van der Waals surface area contributed by atoms with Crippen LogP contribution in [0.1, 0.15) is 30.5 Å². The highest BCUT2D eigenvalue weighted by molar-refractivity contribution is 6.31. The third-order valence-corrected chi connectivity index (χ3v) is 4.55. The van der Waals surface area contributed by atoms with Crippen molar-refractivity contribution < 1.29 is 27.6 Å². The Morgan fingerprint density at radius 2 is 2.22 bits per heavy atom. The van der Waals surface area contributed by atoms with Crippen LogP contribution in [0.15, 0.2) is 17.4 Å². The lowest BCUT2D eigenvalue weighted by Gasteiger charge is -2.17. The summed E-state index contributed by atoms with van der Waals surface area (Å²) in [7, 11) is 1.33. The van der Waals surface area contributed by atoms with E-state index in [1.807, 2.05) is 0 Å². The van der Waals surface area contributed by atoms with E-state index in [1.54, 1.807) is 0 Å². The zero-order chi connectivity index (χ0) is 20.2. The minimum atomic E-state index is -4.56. The molecular weight excluding hydrogens is 389 g/mol. The van der Waals surface area contributed by atoms with Gasteiger partial charge < -0.3 is 15.5 Å². The fourth-order valence-electron chi connectivity index (χ4n) is 2.81. The average molecular weight is 407 g/mol. The quantitative estimate of drug-likeness (QED) is 0.429. The van der Waals surface area contributed by atoms with Crippen molar-refractivity contribution in [2.45, 2.75) is 31.5 Å². The first kappa shape index (κ1) is 21.1. The number of amides is 1. The highest BCUT2D eigenvalue weighted by Gasteiger charge is 2.37. The van der Waals surface area contributed by atoms with Gasteiger partial charge in [-0.3, -0.25) is 14.6 Å². The number of rotatable bonds is 6. The van der Waals surface area contributed by atoms with Crippen LogP contribution < -0.4 is 10.6 Å². The second-order valence-electron chi connectivity index (χ2n) is 6.03. The van der Waals surface area contributed by atoms with Gasteiger partial charge >= 0.3 is 6.18 Å².